The second-order valence-electron chi connectivity index (χ2n) is 5.06. The Morgan fingerprint density at radius 3 is 2.58 bits per heavy atom. The van der Waals surface area contributed by atoms with Crippen molar-refractivity contribution < 1.29 is 0 Å². The first-order valence-corrected chi connectivity index (χ1v) is 8.02. The first-order chi connectivity index (χ1) is 9.15. The minimum atomic E-state index is -0.198. The Balaban J connectivity index is 1.90. The van der Waals surface area contributed by atoms with Gasteiger partial charge in [0.05, 0.1) is 14.7 Å². The van der Waals surface area contributed by atoms with E-state index in [2.05, 4.69) is 24.3 Å². The molecule has 3 rings (SSSR count). The van der Waals surface area contributed by atoms with E-state index in [1.165, 1.54) is 36.2 Å². The third-order valence-corrected chi connectivity index (χ3v) is 5.38. The van der Waals surface area contributed by atoms with E-state index >= 15 is 0 Å². The lowest BCUT2D eigenvalue weighted by molar-refractivity contribution is 0.419. The molecule has 100 valence electrons. The smallest absolute Gasteiger partial charge is 0.0995 e. The van der Waals surface area contributed by atoms with Crippen LogP contribution in [0.25, 0.3) is 0 Å². The molecule has 19 heavy (non-hydrogen) atoms. The lowest BCUT2D eigenvalue weighted by atomic mass is 9.79. The predicted octanol–water partition coefficient (Wildman–Crippen LogP) is 5.37. The average Bonchev–Trinajstić information content (AvgIpc) is 2.66. The maximum atomic E-state index is 6.32. The Morgan fingerprint density at radius 2 is 2.00 bits per heavy atom. The molecule has 1 unspecified atom stereocenters. The van der Waals surface area contributed by atoms with Crippen molar-refractivity contribution in [1.29, 1.82) is 0 Å². The summed E-state index contributed by atoms with van der Waals surface area (Å²) in [4.78, 5) is 0. The fourth-order valence-corrected chi connectivity index (χ4v) is 4.04. The first-order valence-electron chi connectivity index (χ1n) is 6.45. The van der Waals surface area contributed by atoms with Gasteiger partial charge in [-0.05, 0) is 36.0 Å². The van der Waals surface area contributed by atoms with Crippen LogP contribution >= 0.6 is 34.5 Å². The SMILES string of the molecule is NC(c1cccc(C2CCC2)c1)c1cc(Cl)sc1Cl. The summed E-state index contributed by atoms with van der Waals surface area (Å²) >= 11 is 13.5. The van der Waals surface area contributed by atoms with Crippen molar-refractivity contribution in [1.82, 2.24) is 0 Å². The molecule has 0 aliphatic heterocycles. The van der Waals surface area contributed by atoms with E-state index in [-0.39, 0.29) is 6.04 Å². The van der Waals surface area contributed by atoms with E-state index in [0.717, 1.165) is 11.1 Å². The maximum absolute atomic E-state index is 6.32. The van der Waals surface area contributed by atoms with Crippen molar-refractivity contribution in [2.75, 3.05) is 0 Å². The van der Waals surface area contributed by atoms with Crippen molar-refractivity contribution in [3.8, 4) is 0 Å². The summed E-state index contributed by atoms with van der Waals surface area (Å²) in [6.07, 6.45) is 3.93. The fourth-order valence-electron chi connectivity index (χ4n) is 2.49. The van der Waals surface area contributed by atoms with Gasteiger partial charge in [0.25, 0.3) is 0 Å². The highest BCUT2D eigenvalue weighted by Crippen LogP contribution is 2.39. The summed E-state index contributed by atoms with van der Waals surface area (Å²) in [6, 6.07) is 10.2. The molecule has 1 aliphatic carbocycles. The molecule has 1 heterocycles. The third kappa shape index (κ3) is 2.68. The van der Waals surface area contributed by atoms with Gasteiger partial charge < -0.3 is 5.73 Å². The van der Waals surface area contributed by atoms with Crippen LogP contribution in [-0.4, -0.2) is 0 Å². The van der Waals surface area contributed by atoms with E-state index in [4.69, 9.17) is 28.9 Å². The zero-order chi connectivity index (χ0) is 13.4. The molecule has 1 fully saturated rings. The Kier molecular flexibility index (Phi) is 3.86. The molecule has 0 bridgehead atoms. The quantitative estimate of drug-likeness (QED) is 0.810. The Bertz CT molecular complexity index is 590. The van der Waals surface area contributed by atoms with Gasteiger partial charge in [-0.1, -0.05) is 53.9 Å². The van der Waals surface area contributed by atoms with E-state index in [0.29, 0.717) is 14.6 Å². The van der Waals surface area contributed by atoms with Crippen molar-refractivity contribution in [2.45, 2.75) is 31.2 Å². The average molecular weight is 312 g/mol. The number of thiophene rings is 1. The number of hydrogen-bond acceptors (Lipinski definition) is 2. The zero-order valence-electron chi connectivity index (χ0n) is 10.4. The van der Waals surface area contributed by atoms with Gasteiger partial charge >= 0.3 is 0 Å². The molecule has 0 saturated heterocycles. The predicted molar refractivity (Wildman–Crippen MR) is 83.4 cm³/mol. The van der Waals surface area contributed by atoms with Gasteiger partial charge in [-0.25, -0.2) is 0 Å². The summed E-state index contributed by atoms with van der Waals surface area (Å²) in [5.74, 6) is 0.716. The molecule has 2 N–H and O–H groups in total. The van der Waals surface area contributed by atoms with Crippen LogP contribution in [0.2, 0.25) is 8.67 Å². The van der Waals surface area contributed by atoms with Crippen molar-refractivity contribution in [3.63, 3.8) is 0 Å². The highest BCUT2D eigenvalue weighted by atomic mass is 35.5. The minimum Gasteiger partial charge on any atom is -0.320 e. The van der Waals surface area contributed by atoms with Crippen molar-refractivity contribution in [2.24, 2.45) is 5.73 Å². The lowest BCUT2D eigenvalue weighted by Crippen LogP contribution is -2.13. The lowest BCUT2D eigenvalue weighted by Gasteiger charge is -2.26. The molecule has 4 heteroatoms. The van der Waals surface area contributed by atoms with Crippen LogP contribution in [0.1, 0.15) is 47.9 Å². The Labute approximate surface area is 127 Å². The molecule has 0 radical (unpaired) electrons. The molecule has 1 saturated carbocycles. The van der Waals surface area contributed by atoms with Crippen molar-refractivity contribution in [3.05, 3.63) is 55.7 Å². The summed E-state index contributed by atoms with van der Waals surface area (Å²) in [5.41, 5.74) is 9.75. The molecule has 1 atom stereocenters. The van der Waals surface area contributed by atoms with Gasteiger partial charge in [-0.15, -0.1) is 11.3 Å². The maximum Gasteiger partial charge on any atom is 0.0995 e. The topological polar surface area (TPSA) is 26.0 Å². The number of halogens is 2. The second-order valence-corrected chi connectivity index (χ2v) is 7.34. The highest BCUT2D eigenvalue weighted by molar-refractivity contribution is 7.20. The van der Waals surface area contributed by atoms with Gasteiger partial charge in [0.2, 0.25) is 0 Å². The third-order valence-electron chi connectivity index (χ3n) is 3.86. The van der Waals surface area contributed by atoms with Crippen LogP contribution in [0.3, 0.4) is 0 Å². The van der Waals surface area contributed by atoms with Gasteiger partial charge in [-0.2, -0.15) is 0 Å². The standard InChI is InChI=1S/C15H15Cl2NS/c16-13-8-12(15(17)19-13)14(18)11-6-2-5-10(7-11)9-3-1-4-9/h2,5-9,14H,1,3-4,18H2. The Morgan fingerprint density at radius 1 is 1.21 bits per heavy atom. The number of rotatable bonds is 3. The van der Waals surface area contributed by atoms with E-state index in [1.807, 2.05) is 6.07 Å². The van der Waals surface area contributed by atoms with E-state index in [1.54, 1.807) is 0 Å². The first kappa shape index (κ1) is 13.4. The summed E-state index contributed by atoms with van der Waals surface area (Å²) in [7, 11) is 0. The van der Waals surface area contributed by atoms with Crippen LogP contribution in [0.4, 0.5) is 0 Å². The normalized spacial score (nSPS) is 17.2. The summed E-state index contributed by atoms with van der Waals surface area (Å²) < 4.78 is 1.37. The molecule has 1 aromatic heterocycles. The van der Waals surface area contributed by atoms with E-state index in [9.17, 15) is 0 Å². The van der Waals surface area contributed by atoms with Gasteiger partial charge in [0, 0.05) is 5.56 Å². The number of nitrogens with two attached hydrogens (primary N) is 1. The monoisotopic (exact) mass is 311 g/mol. The van der Waals surface area contributed by atoms with E-state index < -0.39 is 0 Å². The van der Waals surface area contributed by atoms with Crippen LogP contribution in [0.15, 0.2) is 30.3 Å². The zero-order valence-corrected chi connectivity index (χ0v) is 12.7. The van der Waals surface area contributed by atoms with Crippen LogP contribution in [-0.2, 0) is 0 Å². The van der Waals surface area contributed by atoms with Crippen LogP contribution in [0, 0.1) is 0 Å². The summed E-state index contributed by atoms with van der Waals surface area (Å²) in [6.45, 7) is 0. The Hall–Kier alpha value is -0.540. The molecular weight excluding hydrogens is 297 g/mol. The largest absolute Gasteiger partial charge is 0.320 e. The molecule has 1 nitrogen and oxygen atoms in total. The molecule has 1 aromatic carbocycles. The fraction of sp³-hybridized carbons (Fsp3) is 0.333. The highest BCUT2D eigenvalue weighted by Gasteiger charge is 2.21. The van der Waals surface area contributed by atoms with Crippen LogP contribution < -0.4 is 5.73 Å². The summed E-state index contributed by atoms with van der Waals surface area (Å²) in [5, 5.41) is 0. The van der Waals surface area contributed by atoms with Crippen LogP contribution in [0.5, 0.6) is 0 Å². The molecular formula is C15H15Cl2NS. The molecule has 0 amide bonds. The van der Waals surface area contributed by atoms with Gasteiger partial charge in [0.15, 0.2) is 0 Å². The number of hydrogen-bond donors (Lipinski definition) is 1. The van der Waals surface area contributed by atoms with Crippen molar-refractivity contribution >= 4 is 34.5 Å². The second kappa shape index (κ2) is 5.45. The minimum absolute atomic E-state index is 0.198. The van der Waals surface area contributed by atoms with Gasteiger partial charge in [0.1, 0.15) is 0 Å². The molecule has 1 aliphatic rings. The molecule has 2 aromatic rings. The number of benzene rings is 1. The van der Waals surface area contributed by atoms with Gasteiger partial charge in [-0.3, -0.25) is 0 Å². The molecule has 0 spiro atoms.